The van der Waals surface area contributed by atoms with Crippen molar-refractivity contribution in [2.24, 2.45) is 11.8 Å². The lowest BCUT2D eigenvalue weighted by Gasteiger charge is -2.15. The van der Waals surface area contributed by atoms with E-state index in [1.165, 1.54) is 38.5 Å². The molecule has 0 saturated heterocycles. The van der Waals surface area contributed by atoms with Crippen molar-refractivity contribution in [1.82, 2.24) is 9.97 Å². The van der Waals surface area contributed by atoms with Gasteiger partial charge in [0, 0.05) is 18.0 Å². The number of aromatic nitrogens is 2. The van der Waals surface area contributed by atoms with Crippen LogP contribution in [0, 0.1) is 12.8 Å². The fourth-order valence-electron chi connectivity index (χ4n) is 2.83. The molecule has 5 heteroatoms. The first kappa shape index (κ1) is 12.7. The number of hydrazine groups is 1. The molecule has 0 aromatic carbocycles. The van der Waals surface area contributed by atoms with Crippen molar-refractivity contribution in [2.45, 2.75) is 51.4 Å². The molecule has 0 radical (unpaired) electrons. The standard InChI is InChI=1S/C14H23N5/c1-9-12(16-8-10-4-2-3-5-10)17-14(11-6-7-11)18-13(9)19-15/h10-11H,2-8,15H2,1H3,(H2,16,17,18,19). The molecule has 2 fully saturated rings. The number of nitrogens with one attached hydrogen (secondary N) is 2. The molecule has 2 aliphatic carbocycles. The summed E-state index contributed by atoms with van der Waals surface area (Å²) in [6.45, 7) is 3.04. The summed E-state index contributed by atoms with van der Waals surface area (Å²) in [5.41, 5.74) is 3.71. The quantitative estimate of drug-likeness (QED) is 0.561. The van der Waals surface area contributed by atoms with Crippen LogP contribution in [0.3, 0.4) is 0 Å². The zero-order valence-electron chi connectivity index (χ0n) is 11.6. The van der Waals surface area contributed by atoms with Crippen LogP contribution < -0.4 is 16.6 Å². The zero-order valence-corrected chi connectivity index (χ0v) is 11.6. The van der Waals surface area contributed by atoms with Gasteiger partial charge in [-0.25, -0.2) is 15.8 Å². The minimum atomic E-state index is 0.541. The predicted molar refractivity (Wildman–Crippen MR) is 77.0 cm³/mol. The monoisotopic (exact) mass is 261 g/mol. The highest BCUT2D eigenvalue weighted by atomic mass is 15.3. The fraction of sp³-hybridized carbons (Fsp3) is 0.714. The smallest absolute Gasteiger partial charge is 0.148 e. The minimum absolute atomic E-state index is 0.541. The summed E-state index contributed by atoms with van der Waals surface area (Å²) in [5.74, 6) is 9.55. The van der Waals surface area contributed by atoms with Crippen molar-refractivity contribution in [3.05, 3.63) is 11.4 Å². The van der Waals surface area contributed by atoms with E-state index in [2.05, 4.69) is 20.7 Å². The van der Waals surface area contributed by atoms with E-state index in [9.17, 15) is 0 Å². The Hall–Kier alpha value is -1.36. The maximum atomic E-state index is 5.56. The molecule has 4 N–H and O–H groups in total. The number of hydrogen-bond acceptors (Lipinski definition) is 5. The third-order valence-electron chi connectivity index (χ3n) is 4.28. The predicted octanol–water partition coefficient (Wildman–Crippen LogP) is 2.55. The molecular formula is C14H23N5. The number of hydrogen-bond donors (Lipinski definition) is 3. The van der Waals surface area contributed by atoms with E-state index in [1.807, 2.05) is 6.92 Å². The molecule has 0 atom stereocenters. The number of anilines is 2. The van der Waals surface area contributed by atoms with E-state index in [0.717, 1.165) is 35.5 Å². The highest BCUT2D eigenvalue weighted by molar-refractivity contribution is 5.57. The van der Waals surface area contributed by atoms with Gasteiger partial charge in [-0.1, -0.05) is 12.8 Å². The maximum absolute atomic E-state index is 5.56. The Kier molecular flexibility index (Phi) is 3.55. The van der Waals surface area contributed by atoms with Gasteiger partial charge in [-0.15, -0.1) is 0 Å². The lowest BCUT2D eigenvalue weighted by molar-refractivity contribution is 0.578. The second-order valence-corrected chi connectivity index (χ2v) is 5.85. The number of nitrogen functional groups attached to an aromatic ring is 1. The van der Waals surface area contributed by atoms with Crippen LogP contribution in [0.2, 0.25) is 0 Å². The van der Waals surface area contributed by atoms with Gasteiger partial charge in [-0.05, 0) is 38.5 Å². The lowest BCUT2D eigenvalue weighted by Crippen LogP contribution is -2.17. The van der Waals surface area contributed by atoms with Crippen molar-refractivity contribution in [2.75, 3.05) is 17.3 Å². The number of rotatable bonds is 5. The summed E-state index contributed by atoms with van der Waals surface area (Å²) in [6.07, 6.45) is 7.84. The highest BCUT2D eigenvalue weighted by Crippen LogP contribution is 2.39. The van der Waals surface area contributed by atoms with Crippen molar-refractivity contribution in [1.29, 1.82) is 0 Å². The van der Waals surface area contributed by atoms with Gasteiger partial charge in [0.15, 0.2) is 0 Å². The Balaban J connectivity index is 1.75. The molecule has 3 rings (SSSR count). The third kappa shape index (κ3) is 2.81. The van der Waals surface area contributed by atoms with E-state index < -0.39 is 0 Å². The molecule has 104 valence electrons. The Morgan fingerprint density at radius 2 is 1.79 bits per heavy atom. The lowest BCUT2D eigenvalue weighted by atomic mass is 10.1. The Labute approximate surface area is 114 Å². The second-order valence-electron chi connectivity index (χ2n) is 5.85. The highest BCUT2D eigenvalue weighted by Gasteiger charge is 2.28. The summed E-state index contributed by atoms with van der Waals surface area (Å²) in [5, 5.41) is 3.51. The van der Waals surface area contributed by atoms with E-state index in [1.54, 1.807) is 0 Å². The van der Waals surface area contributed by atoms with Gasteiger partial charge in [0.2, 0.25) is 0 Å². The van der Waals surface area contributed by atoms with E-state index in [-0.39, 0.29) is 0 Å². The van der Waals surface area contributed by atoms with E-state index in [0.29, 0.717) is 5.92 Å². The van der Waals surface area contributed by atoms with Gasteiger partial charge in [0.1, 0.15) is 17.5 Å². The molecule has 2 saturated carbocycles. The summed E-state index contributed by atoms with van der Waals surface area (Å²) >= 11 is 0. The SMILES string of the molecule is Cc1c(NN)nc(C2CC2)nc1NCC1CCCC1. The van der Waals surface area contributed by atoms with Crippen LogP contribution in [0.1, 0.15) is 55.8 Å². The van der Waals surface area contributed by atoms with Crippen LogP contribution >= 0.6 is 0 Å². The summed E-state index contributed by atoms with van der Waals surface area (Å²) in [7, 11) is 0. The largest absolute Gasteiger partial charge is 0.369 e. The Morgan fingerprint density at radius 3 is 2.42 bits per heavy atom. The van der Waals surface area contributed by atoms with Crippen LogP contribution in [-0.2, 0) is 0 Å². The van der Waals surface area contributed by atoms with Gasteiger partial charge in [-0.2, -0.15) is 0 Å². The normalized spacial score (nSPS) is 19.7. The number of nitrogens with zero attached hydrogens (tertiary/aromatic N) is 2. The molecule has 0 amide bonds. The van der Waals surface area contributed by atoms with Gasteiger partial charge in [0.25, 0.3) is 0 Å². The maximum Gasteiger partial charge on any atom is 0.148 e. The van der Waals surface area contributed by atoms with Crippen LogP contribution in [0.5, 0.6) is 0 Å². The molecule has 1 aromatic heterocycles. The average molecular weight is 261 g/mol. The molecule has 19 heavy (non-hydrogen) atoms. The van der Waals surface area contributed by atoms with Crippen LogP contribution in [0.25, 0.3) is 0 Å². The van der Waals surface area contributed by atoms with E-state index >= 15 is 0 Å². The van der Waals surface area contributed by atoms with Gasteiger partial charge >= 0.3 is 0 Å². The zero-order chi connectivity index (χ0) is 13.2. The summed E-state index contributed by atoms with van der Waals surface area (Å²) in [4.78, 5) is 9.19. The molecule has 1 heterocycles. The van der Waals surface area contributed by atoms with Gasteiger partial charge in [0.05, 0.1) is 0 Å². The fourth-order valence-corrected chi connectivity index (χ4v) is 2.83. The van der Waals surface area contributed by atoms with E-state index in [4.69, 9.17) is 5.84 Å². The second kappa shape index (κ2) is 5.33. The van der Waals surface area contributed by atoms with Crippen molar-refractivity contribution < 1.29 is 0 Å². The topological polar surface area (TPSA) is 75.9 Å². The van der Waals surface area contributed by atoms with Crippen LogP contribution in [-0.4, -0.2) is 16.5 Å². The first-order valence-electron chi connectivity index (χ1n) is 7.37. The first-order valence-corrected chi connectivity index (χ1v) is 7.37. The Morgan fingerprint density at radius 1 is 1.11 bits per heavy atom. The molecule has 0 bridgehead atoms. The van der Waals surface area contributed by atoms with Crippen molar-refractivity contribution in [3.8, 4) is 0 Å². The molecule has 0 spiro atoms. The Bertz CT molecular complexity index is 449. The average Bonchev–Trinajstić information content (AvgIpc) is 3.14. The summed E-state index contributed by atoms with van der Waals surface area (Å²) < 4.78 is 0. The van der Waals surface area contributed by atoms with Gasteiger partial charge in [-0.3, -0.25) is 0 Å². The molecule has 0 unspecified atom stereocenters. The van der Waals surface area contributed by atoms with Crippen LogP contribution in [0.4, 0.5) is 11.6 Å². The molecule has 0 aliphatic heterocycles. The number of nitrogens with two attached hydrogens (primary N) is 1. The third-order valence-corrected chi connectivity index (χ3v) is 4.28. The molecule has 5 nitrogen and oxygen atoms in total. The molecule has 1 aromatic rings. The van der Waals surface area contributed by atoms with Crippen molar-refractivity contribution >= 4 is 11.6 Å². The molecule has 2 aliphatic rings. The minimum Gasteiger partial charge on any atom is -0.369 e. The summed E-state index contributed by atoms with van der Waals surface area (Å²) in [6, 6.07) is 0. The van der Waals surface area contributed by atoms with Gasteiger partial charge < -0.3 is 10.7 Å². The van der Waals surface area contributed by atoms with Crippen molar-refractivity contribution in [3.63, 3.8) is 0 Å². The first-order chi connectivity index (χ1) is 9.28. The van der Waals surface area contributed by atoms with Crippen LogP contribution in [0.15, 0.2) is 0 Å². The molecular weight excluding hydrogens is 238 g/mol.